The second-order valence-corrected chi connectivity index (χ2v) is 7.25. The predicted molar refractivity (Wildman–Crippen MR) is 107 cm³/mol. The minimum Gasteiger partial charge on any atom is -0.379 e. The first-order valence-corrected chi connectivity index (χ1v) is 9.52. The molecule has 2 aromatic heterocycles. The highest BCUT2D eigenvalue weighted by molar-refractivity contribution is 7.09. The Morgan fingerprint density at radius 3 is 2.66 bits per heavy atom. The van der Waals surface area contributed by atoms with Crippen molar-refractivity contribution >= 4 is 34.2 Å². The number of nitrogens with zero attached hydrogens (tertiary/aromatic N) is 2. The normalized spacial score (nSPS) is 11.6. The predicted octanol–water partition coefficient (Wildman–Crippen LogP) is 5.80. The lowest BCUT2D eigenvalue weighted by molar-refractivity contribution is -0.136. The summed E-state index contributed by atoms with van der Waals surface area (Å²) in [5.74, 6) is 0. The quantitative estimate of drug-likeness (QED) is 0.420. The van der Waals surface area contributed by atoms with Gasteiger partial charge in [-0.15, -0.1) is 11.3 Å². The molecule has 0 saturated heterocycles. The van der Waals surface area contributed by atoms with E-state index in [0.29, 0.717) is 24.0 Å². The van der Waals surface area contributed by atoms with Gasteiger partial charge in [-0.25, -0.2) is 4.98 Å². The molecule has 0 aliphatic heterocycles. The number of hydrogen-bond acceptors (Lipinski definition) is 5. The molecule has 1 N–H and O–H groups in total. The van der Waals surface area contributed by atoms with Gasteiger partial charge in [0.2, 0.25) is 0 Å². The fourth-order valence-electron chi connectivity index (χ4n) is 3.18. The van der Waals surface area contributed by atoms with Crippen molar-refractivity contribution in [1.82, 2.24) is 9.97 Å². The van der Waals surface area contributed by atoms with Crippen molar-refractivity contribution in [1.29, 1.82) is 0 Å². The summed E-state index contributed by atoms with van der Waals surface area (Å²) in [5.41, 5.74) is 1.05. The van der Waals surface area contributed by atoms with E-state index >= 15 is 0 Å². The third kappa shape index (κ3) is 3.84. The van der Waals surface area contributed by atoms with Crippen LogP contribution in [0.1, 0.15) is 20.9 Å². The van der Waals surface area contributed by atoms with Crippen LogP contribution in [-0.2, 0) is 12.7 Å². The monoisotopic (exact) mass is 413 g/mol. The number of halogens is 3. The maximum atomic E-state index is 13.4. The summed E-state index contributed by atoms with van der Waals surface area (Å²) in [6.45, 7) is 0.525. The van der Waals surface area contributed by atoms with E-state index in [0.717, 1.165) is 16.8 Å². The molecule has 0 radical (unpaired) electrons. The van der Waals surface area contributed by atoms with Crippen LogP contribution in [0, 0.1) is 0 Å². The Kier molecular flexibility index (Phi) is 5.02. The molecule has 0 saturated carbocycles. The topological polar surface area (TPSA) is 54.9 Å². The van der Waals surface area contributed by atoms with Crippen molar-refractivity contribution in [2.24, 2.45) is 0 Å². The number of anilines is 1. The summed E-state index contributed by atoms with van der Waals surface area (Å²) in [6, 6.07) is 11.1. The molecule has 0 fully saturated rings. The summed E-state index contributed by atoms with van der Waals surface area (Å²) < 4.78 is 40.2. The molecule has 4 rings (SSSR count). The van der Waals surface area contributed by atoms with Crippen molar-refractivity contribution in [2.75, 3.05) is 5.32 Å². The Morgan fingerprint density at radius 2 is 1.93 bits per heavy atom. The molecular formula is C21H14F3N3OS. The van der Waals surface area contributed by atoms with Gasteiger partial charge in [0, 0.05) is 40.0 Å². The molecule has 0 aliphatic rings. The van der Waals surface area contributed by atoms with Gasteiger partial charge >= 0.3 is 6.18 Å². The summed E-state index contributed by atoms with van der Waals surface area (Å²) >= 11 is 1.52. The van der Waals surface area contributed by atoms with Crippen LogP contribution in [0.15, 0.2) is 60.2 Å². The molecule has 4 nitrogen and oxygen atoms in total. The molecule has 4 aromatic rings. The molecule has 0 unspecified atom stereocenters. The number of pyridine rings is 1. The van der Waals surface area contributed by atoms with Gasteiger partial charge in [-0.2, -0.15) is 13.2 Å². The number of aldehydes is 1. The first-order valence-electron chi connectivity index (χ1n) is 8.64. The van der Waals surface area contributed by atoms with Crippen LogP contribution in [0.25, 0.3) is 22.0 Å². The zero-order valence-corrected chi connectivity index (χ0v) is 15.7. The van der Waals surface area contributed by atoms with Crippen LogP contribution in [0.2, 0.25) is 0 Å². The highest BCUT2D eigenvalue weighted by atomic mass is 32.1. The molecule has 0 amide bonds. The van der Waals surface area contributed by atoms with Gasteiger partial charge in [-0.1, -0.05) is 24.3 Å². The van der Waals surface area contributed by atoms with Gasteiger partial charge in [0.1, 0.15) is 5.01 Å². The number of fused-ring (bicyclic) bond motifs is 1. The standard InChI is InChI=1S/C21H14F3N3OS/c22-21(23,24)17-6-2-5-16-19(14(12-28)10-27-20(16)17)13-3-1-4-15(9-13)26-11-18-25-7-8-29-18/h1-10,12,26H,11H2. The molecule has 2 heterocycles. The van der Waals surface area contributed by atoms with E-state index in [1.54, 1.807) is 30.5 Å². The summed E-state index contributed by atoms with van der Waals surface area (Å²) in [5, 5.41) is 6.31. The minimum absolute atomic E-state index is 0.179. The highest BCUT2D eigenvalue weighted by Gasteiger charge is 2.33. The molecule has 0 atom stereocenters. The summed E-state index contributed by atoms with van der Waals surface area (Å²) in [4.78, 5) is 19.7. The maximum Gasteiger partial charge on any atom is 0.418 e. The average molecular weight is 413 g/mol. The Balaban J connectivity index is 1.82. The van der Waals surface area contributed by atoms with Gasteiger partial charge in [0.15, 0.2) is 6.29 Å². The number of aromatic nitrogens is 2. The summed E-state index contributed by atoms with van der Waals surface area (Å²) in [7, 11) is 0. The zero-order chi connectivity index (χ0) is 20.4. The Morgan fingerprint density at radius 1 is 1.10 bits per heavy atom. The van der Waals surface area contributed by atoms with Crippen LogP contribution >= 0.6 is 11.3 Å². The van der Waals surface area contributed by atoms with Crippen molar-refractivity contribution in [3.63, 3.8) is 0 Å². The average Bonchev–Trinajstić information content (AvgIpc) is 3.24. The van der Waals surface area contributed by atoms with Crippen molar-refractivity contribution in [3.8, 4) is 11.1 Å². The Hall–Kier alpha value is -3.26. The number of para-hydroxylation sites is 1. The van der Waals surface area contributed by atoms with E-state index in [2.05, 4.69) is 15.3 Å². The van der Waals surface area contributed by atoms with Crippen LogP contribution < -0.4 is 5.32 Å². The molecule has 0 bridgehead atoms. The lowest BCUT2D eigenvalue weighted by atomic mass is 9.95. The fourth-order valence-corrected chi connectivity index (χ4v) is 3.74. The van der Waals surface area contributed by atoms with Gasteiger partial charge in [-0.3, -0.25) is 9.78 Å². The molecule has 29 heavy (non-hydrogen) atoms. The zero-order valence-electron chi connectivity index (χ0n) is 14.9. The highest BCUT2D eigenvalue weighted by Crippen LogP contribution is 2.38. The Labute approximate surface area is 168 Å². The molecular weight excluding hydrogens is 399 g/mol. The van der Waals surface area contributed by atoms with Crippen LogP contribution in [-0.4, -0.2) is 16.3 Å². The number of thiazole rings is 1. The molecule has 146 valence electrons. The van der Waals surface area contributed by atoms with Gasteiger partial charge in [0.05, 0.1) is 17.6 Å². The van der Waals surface area contributed by atoms with E-state index in [-0.39, 0.29) is 16.5 Å². The van der Waals surface area contributed by atoms with E-state index in [1.165, 1.54) is 23.6 Å². The first kappa shape index (κ1) is 19.1. The van der Waals surface area contributed by atoms with E-state index in [1.807, 2.05) is 11.4 Å². The van der Waals surface area contributed by atoms with Gasteiger partial charge < -0.3 is 5.32 Å². The number of rotatable bonds is 5. The first-order chi connectivity index (χ1) is 14.0. The number of benzene rings is 2. The summed E-state index contributed by atoms with van der Waals surface area (Å²) in [6.07, 6.45) is -1.02. The van der Waals surface area contributed by atoms with Crippen LogP contribution in [0.4, 0.5) is 18.9 Å². The smallest absolute Gasteiger partial charge is 0.379 e. The van der Waals surface area contributed by atoms with Crippen molar-refractivity contribution in [3.05, 3.63) is 76.4 Å². The third-order valence-electron chi connectivity index (χ3n) is 4.44. The second kappa shape index (κ2) is 7.63. The Bertz CT molecular complexity index is 1170. The lowest BCUT2D eigenvalue weighted by Gasteiger charge is -2.15. The van der Waals surface area contributed by atoms with E-state index < -0.39 is 11.7 Å². The largest absolute Gasteiger partial charge is 0.418 e. The minimum atomic E-state index is -4.54. The van der Waals surface area contributed by atoms with Crippen LogP contribution in [0.5, 0.6) is 0 Å². The lowest BCUT2D eigenvalue weighted by Crippen LogP contribution is -2.07. The third-order valence-corrected chi connectivity index (χ3v) is 5.22. The molecule has 2 aromatic carbocycles. The number of nitrogens with one attached hydrogen (secondary N) is 1. The molecule has 8 heteroatoms. The fraction of sp³-hybridized carbons (Fsp3) is 0.0952. The van der Waals surface area contributed by atoms with Crippen molar-refractivity contribution in [2.45, 2.75) is 12.7 Å². The number of hydrogen-bond donors (Lipinski definition) is 1. The van der Waals surface area contributed by atoms with E-state index in [9.17, 15) is 18.0 Å². The number of alkyl halides is 3. The van der Waals surface area contributed by atoms with E-state index in [4.69, 9.17) is 0 Å². The SMILES string of the molecule is O=Cc1cnc2c(C(F)(F)F)cccc2c1-c1cccc(NCc2nccs2)c1. The van der Waals surface area contributed by atoms with Gasteiger partial charge in [-0.05, 0) is 23.8 Å². The molecule has 0 spiro atoms. The van der Waals surface area contributed by atoms with Gasteiger partial charge in [0.25, 0.3) is 0 Å². The van der Waals surface area contributed by atoms with Crippen LogP contribution in [0.3, 0.4) is 0 Å². The second-order valence-electron chi connectivity index (χ2n) is 6.27. The molecule has 0 aliphatic carbocycles. The number of carbonyl (C=O) groups excluding carboxylic acids is 1. The number of carbonyl (C=O) groups is 1. The maximum absolute atomic E-state index is 13.4. The van der Waals surface area contributed by atoms with Crippen molar-refractivity contribution < 1.29 is 18.0 Å².